The molecule has 0 radical (unpaired) electrons. The van der Waals surface area contributed by atoms with Crippen molar-refractivity contribution in [1.82, 2.24) is 0 Å². The number of nitrogens with one attached hydrogen (secondary N) is 1. The summed E-state index contributed by atoms with van der Waals surface area (Å²) in [6.45, 7) is 0.365. The van der Waals surface area contributed by atoms with Gasteiger partial charge in [0, 0.05) is 5.69 Å². The van der Waals surface area contributed by atoms with E-state index in [1.807, 2.05) is 0 Å². The SMILES string of the molecule is O=C(C[NH2+]CCO)Nc1cccc(C(F)(F)F)c1. The van der Waals surface area contributed by atoms with Crippen LogP contribution in [0.15, 0.2) is 24.3 Å². The van der Waals surface area contributed by atoms with Gasteiger partial charge in [-0.25, -0.2) is 0 Å². The molecule has 0 aromatic heterocycles. The van der Waals surface area contributed by atoms with Gasteiger partial charge >= 0.3 is 6.18 Å². The molecule has 100 valence electrons. The highest BCUT2D eigenvalue weighted by molar-refractivity contribution is 5.91. The van der Waals surface area contributed by atoms with E-state index in [0.29, 0.717) is 6.54 Å². The number of alkyl halides is 3. The largest absolute Gasteiger partial charge is 0.416 e. The first-order valence-electron chi connectivity index (χ1n) is 5.33. The minimum atomic E-state index is -4.43. The lowest BCUT2D eigenvalue weighted by atomic mass is 10.2. The number of benzene rings is 1. The first kappa shape index (κ1) is 14.5. The van der Waals surface area contributed by atoms with Crippen LogP contribution in [0.4, 0.5) is 18.9 Å². The number of amides is 1. The van der Waals surface area contributed by atoms with Crippen LogP contribution in [0.25, 0.3) is 0 Å². The standard InChI is InChI=1S/C11H13F3N2O2/c12-11(13,14)8-2-1-3-9(6-8)16-10(18)7-15-4-5-17/h1-3,6,15,17H,4-5,7H2,(H,16,18)/p+1. The van der Waals surface area contributed by atoms with E-state index in [2.05, 4.69) is 5.32 Å². The van der Waals surface area contributed by atoms with Gasteiger partial charge in [0.2, 0.25) is 0 Å². The van der Waals surface area contributed by atoms with E-state index in [9.17, 15) is 18.0 Å². The molecule has 0 saturated carbocycles. The summed E-state index contributed by atoms with van der Waals surface area (Å²) < 4.78 is 37.2. The second kappa shape index (κ2) is 6.36. The molecule has 4 nitrogen and oxygen atoms in total. The molecule has 0 atom stereocenters. The van der Waals surface area contributed by atoms with Crippen molar-refractivity contribution in [2.45, 2.75) is 6.18 Å². The summed E-state index contributed by atoms with van der Waals surface area (Å²) in [5.74, 6) is -0.414. The molecule has 4 N–H and O–H groups in total. The summed E-state index contributed by atoms with van der Waals surface area (Å²) in [6, 6.07) is 4.44. The summed E-state index contributed by atoms with van der Waals surface area (Å²) in [6.07, 6.45) is -4.43. The molecule has 0 unspecified atom stereocenters. The van der Waals surface area contributed by atoms with E-state index in [1.165, 1.54) is 12.1 Å². The minimum Gasteiger partial charge on any atom is -0.391 e. The second-order valence-corrected chi connectivity index (χ2v) is 3.63. The number of nitrogens with two attached hydrogens (primary N) is 1. The normalized spacial score (nSPS) is 11.3. The highest BCUT2D eigenvalue weighted by Crippen LogP contribution is 2.30. The van der Waals surface area contributed by atoms with Crippen LogP contribution >= 0.6 is 0 Å². The first-order valence-corrected chi connectivity index (χ1v) is 5.33. The maximum absolute atomic E-state index is 12.4. The lowest BCUT2D eigenvalue weighted by Crippen LogP contribution is -2.87. The number of aliphatic hydroxyl groups excluding tert-OH is 1. The molecule has 1 rings (SSSR count). The van der Waals surface area contributed by atoms with Crippen LogP contribution in [0.2, 0.25) is 0 Å². The minimum absolute atomic E-state index is 0.0524. The lowest BCUT2D eigenvalue weighted by Gasteiger charge is -2.09. The number of aliphatic hydroxyl groups is 1. The Morgan fingerprint density at radius 1 is 1.39 bits per heavy atom. The van der Waals surface area contributed by atoms with E-state index in [4.69, 9.17) is 5.11 Å². The Morgan fingerprint density at radius 2 is 2.11 bits per heavy atom. The fraction of sp³-hybridized carbons (Fsp3) is 0.364. The van der Waals surface area contributed by atoms with Crippen LogP contribution in [0.5, 0.6) is 0 Å². The summed E-state index contributed by atoms with van der Waals surface area (Å²) >= 11 is 0. The van der Waals surface area contributed by atoms with E-state index in [-0.39, 0.29) is 18.8 Å². The molecule has 0 aliphatic rings. The third-order valence-corrected chi connectivity index (χ3v) is 2.14. The zero-order chi connectivity index (χ0) is 13.6. The summed E-state index contributed by atoms with van der Waals surface area (Å²) in [4.78, 5) is 11.3. The quantitative estimate of drug-likeness (QED) is 0.664. The molecule has 0 spiro atoms. The molecule has 0 aliphatic carbocycles. The lowest BCUT2D eigenvalue weighted by molar-refractivity contribution is -0.644. The van der Waals surface area contributed by atoms with Gasteiger partial charge in [-0.1, -0.05) is 6.07 Å². The predicted molar refractivity (Wildman–Crippen MR) is 58.8 cm³/mol. The monoisotopic (exact) mass is 263 g/mol. The highest BCUT2D eigenvalue weighted by Gasteiger charge is 2.30. The molecule has 1 aromatic carbocycles. The molecule has 0 aliphatic heterocycles. The first-order chi connectivity index (χ1) is 8.43. The van der Waals surface area contributed by atoms with Crippen molar-refractivity contribution >= 4 is 11.6 Å². The van der Waals surface area contributed by atoms with Gasteiger partial charge in [0.05, 0.1) is 18.7 Å². The van der Waals surface area contributed by atoms with Crippen molar-refractivity contribution in [3.8, 4) is 0 Å². The van der Waals surface area contributed by atoms with Crippen molar-refractivity contribution < 1.29 is 28.4 Å². The van der Waals surface area contributed by atoms with Gasteiger partial charge in [-0.15, -0.1) is 0 Å². The number of halogens is 3. The Morgan fingerprint density at radius 3 is 2.72 bits per heavy atom. The average molecular weight is 263 g/mol. The van der Waals surface area contributed by atoms with Crippen molar-refractivity contribution in [1.29, 1.82) is 0 Å². The molecular formula is C11H14F3N2O2+. The van der Waals surface area contributed by atoms with E-state index in [0.717, 1.165) is 12.1 Å². The molecule has 18 heavy (non-hydrogen) atoms. The number of carbonyl (C=O) groups excluding carboxylic acids is 1. The van der Waals surface area contributed by atoms with Crippen molar-refractivity contribution in [2.75, 3.05) is 25.0 Å². The molecule has 7 heteroatoms. The van der Waals surface area contributed by atoms with E-state index < -0.39 is 17.6 Å². The van der Waals surface area contributed by atoms with Gasteiger partial charge < -0.3 is 15.7 Å². The van der Waals surface area contributed by atoms with Gasteiger partial charge in [-0.2, -0.15) is 13.2 Å². The van der Waals surface area contributed by atoms with E-state index in [1.54, 1.807) is 5.32 Å². The maximum atomic E-state index is 12.4. The number of quaternary nitrogens is 1. The van der Waals surface area contributed by atoms with Crippen LogP contribution < -0.4 is 10.6 Å². The van der Waals surface area contributed by atoms with Crippen LogP contribution in [-0.2, 0) is 11.0 Å². The molecular weight excluding hydrogens is 249 g/mol. The molecule has 0 fully saturated rings. The third kappa shape index (κ3) is 4.72. The summed E-state index contributed by atoms with van der Waals surface area (Å²) in [5.41, 5.74) is -0.702. The van der Waals surface area contributed by atoms with Gasteiger partial charge in [-0.05, 0) is 18.2 Å². The van der Waals surface area contributed by atoms with Crippen LogP contribution in [0, 0.1) is 0 Å². The molecule has 1 amide bonds. The molecule has 1 aromatic rings. The summed E-state index contributed by atoms with van der Waals surface area (Å²) in [7, 11) is 0. The van der Waals surface area contributed by atoms with Crippen molar-refractivity contribution in [2.24, 2.45) is 0 Å². The molecule has 0 heterocycles. The number of rotatable bonds is 5. The Labute approximate surface area is 102 Å². The van der Waals surface area contributed by atoms with Gasteiger partial charge in [0.15, 0.2) is 6.54 Å². The number of anilines is 1. The Hall–Kier alpha value is -1.60. The van der Waals surface area contributed by atoms with Crippen molar-refractivity contribution in [3.63, 3.8) is 0 Å². The summed E-state index contributed by atoms with van der Waals surface area (Å²) in [5, 5.41) is 12.4. The predicted octanol–water partition coefficient (Wildman–Crippen LogP) is 0.200. The zero-order valence-electron chi connectivity index (χ0n) is 9.50. The topological polar surface area (TPSA) is 65.9 Å². The van der Waals surface area contributed by atoms with Crippen molar-refractivity contribution in [3.05, 3.63) is 29.8 Å². The molecule has 0 bridgehead atoms. The Bertz CT molecular complexity index is 408. The fourth-order valence-electron chi connectivity index (χ4n) is 1.31. The van der Waals surface area contributed by atoms with Gasteiger partial charge in [-0.3, -0.25) is 4.79 Å². The fourth-order valence-corrected chi connectivity index (χ4v) is 1.31. The Balaban J connectivity index is 2.60. The number of hydrogen-bond donors (Lipinski definition) is 3. The van der Waals surface area contributed by atoms with Crippen LogP contribution in [-0.4, -0.2) is 30.7 Å². The maximum Gasteiger partial charge on any atom is 0.416 e. The average Bonchev–Trinajstić information content (AvgIpc) is 2.28. The van der Waals surface area contributed by atoms with Crippen LogP contribution in [0.1, 0.15) is 5.56 Å². The zero-order valence-corrected chi connectivity index (χ0v) is 9.50. The molecule has 0 saturated heterocycles. The highest BCUT2D eigenvalue weighted by atomic mass is 19.4. The number of carbonyl (C=O) groups is 1. The van der Waals surface area contributed by atoms with Gasteiger partial charge in [0.25, 0.3) is 5.91 Å². The smallest absolute Gasteiger partial charge is 0.391 e. The van der Waals surface area contributed by atoms with Gasteiger partial charge in [0.1, 0.15) is 0 Å². The Kier molecular flexibility index (Phi) is 5.11. The number of hydrogen-bond acceptors (Lipinski definition) is 2. The van der Waals surface area contributed by atoms with E-state index >= 15 is 0 Å². The third-order valence-electron chi connectivity index (χ3n) is 2.14. The second-order valence-electron chi connectivity index (χ2n) is 3.63. The van der Waals surface area contributed by atoms with Crippen LogP contribution in [0.3, 0.4) is 0 Å².